The van der Waals surface area contributed by atoms with E-state index in [4.69, 9.17) is 11.6 Å². The number of hydrogen-bond donors (Lipinski definition) is 1. The predicted molar refractivity (Wildman–Crippen MR) is 66.0 cm³/mol. The number of carbonyl (C=O) groups is 1. The maximum atomic E-state index is 11.1. The number of nitrogens with one attached hydrogen (secondary N) is 1. The molecule has 1 N–H and O–H groups in total. The minimum Gasteiger partial charge on any atom is -0.352 e. The van der Waals surface area contributed by atoms with E-state index < -0.39 is 0 Å². The molecule has 0 amide bonds. The number of rotatable bonds is 1. The maximum absolute atomic E-state index is 11.1. The summed E-state index contributed by atoms with van der Waals surface area (Å²) in [5, 5.41) is 1.72. The highest BCUT2D eigenvalue weighted by molar-refractivity contribution is 14.1. The van der Waals surface area contributed by atoms with Crippen LogP contribution in [0.2, 0.25) is 5.02 Å². The van der Waals surface area contributed by atoms with Gasteiger partial charge in [0.25, 0.3) is 0 Å². The first-order valence-corrected chi connectivity index (χ1v) is 5.52. The average molecular weight is 320 g/mol. The van der Waals surface area contributed by atoms with E-state index >= 15 is 0 Å². The molecule has 72 valence electrons. The Morgan fingerprint density at radius 2 is 2.14 bits per heavy atom. The Kier molecular flexibility index (Phi) is 2.53. The third-order valence-electron chi connectivity index (χ3n) is 2.04. The Bertz CT molecular complexity index is 479. The first kappa shape index (κ1) is 9.98. The predicted octanol–water partition coefficient (Wildman–Crippen LogP) is 3.63. The van der Waals surface area contributed by atoms with Gasteiger partial charge < -0.3 is 4.98 Å². The van der Waals surface area contributed by atoms with Crippen LogP contribution >= 0.6 is 34.2 Å². The van der Waals surface area contributed by atoms with Crippen molar-refractivity contribution >= 4 is 50.9 Å². The largest absolute Gasteiger partial charge is 0.352 e. The zero-order valence-corrected chi connectivity index (χ0v) is 10.3. The number of ketones is 1. The van der Waals surface area contributed by atoms with Crippen LogP contribution in [-0.2, 0) is 0 Å². The Labute approximate surface area is 99.8 Å². The Morgan fingerprint density at radius 1 is 1.43 bits per heavy atom. The van der Waals surface area contributed by atoms with Gasteiger partial charge in [-0.1, -0.05) is 11.6 Å². The molecule has 0 bridgehead atoms. The van der Waals surface area contributed by atoms with Crippen LogP contribution in [0.25, 0.3) is 10.9 Å². The lowest BCUT2D eigenvalue weighted by atomic mass is 10.2. The Balaban J connectivity index is 2.72. The lowest BCUT2D eigenvalue weighted by Crippen LogP contribution is -1.89. The second-order valence-corrected chi connectivity index (χ2v) is 4.66. The van der Waals surface area contributed by atoms with Gasteiger partial charge in [0.15, 0.2) is 5.78 Å². The summed E-state index contributed by atoms with van der Waals surface area (Å²) in [5.74, 6) is 0.0346. The minimum atomic E-state index is 0.0346. The summed E-state index contributed by atoms with van der Waals surface area (Å²) < 4.78 is 0.992. The Hall–Kier alpha value is -0.550. The smallest absolute Gasteiger partial charge is 0.175 e. The van der Waals surface area contributed by atoms with E-state index in [1.807, 2.05) is 18.2 Å². The van der Waals surface area contributed by atoms with Gasteiger partial charge in [0.05, 0.1) is 10.7 Å². The number of hydrogen-bond acceptors (Lipinski definition) is 1. The van der Waals surface area contributed by atoms with E-state index in [-0.39, 0.29) is 5.78 Å². The quantitative estimate of drug-likeness (QED) is 0.632. The van der Waals surface area contributed by atoms with Crippen molar-refractivity contribution in [2.75, 3.05) is 0 Å². The van der Waals surface area contributed by atoms with E-state index in [9.17, 15) is 4.79 Å². The van der Waals surface area contributed by atoms with Crippen molar-refractivity contribution in [2.45, 2.75) is 6.92 Å². The molecule has 2 rings (SSSR count). The maximum Gasteiger partial charge on any atom is 0.175 e. The van der Waals surface area contributed by atoms with Crippen molar-refractivity contribution in [3.8, 4) is 0 Å². The SMILES string of the molecule is CC(=O)c1cc2cc(I)c(Cl)cc2[nH]1. The number of aromatic amines is 1. The van der Waals surface area contributed by atoms with E-state index in [1.54, 1.807) is 0 Å². The molecule has 0 aliphatic heterocycles. The zero-order chi connectivity index (χ0) is 10.3. The summed E-state index contributed by atoms with van der Waals surface area (Å²) in [6.07, 6.45) is 0. The van der Waals surface area contributed by atoms with Gasteiger partial charge in [-0.05, 0) is 40.8 Å². The van der Waals surface area contributed by atoms with Crippen LogP contribution in [0.4, 0.5) is 0 Å². The third kappa shape index (κ3) is 1.66. The van der Waals surface area contributed by atoms with Crippen LogP contribution in [0.3, 0.4) is 0 Å². The van der Waals surface area contributed by atoms with Gasteiger partial charge in [0.1, 0.15) is 0 Å². The summed E-state index contributed by atoms with van der Waals surface area (Å²) in [6, 6.07) is 5.64. The van der Waals surface area contributed by atoms with E-state index in [1.165, 1.54) is 6.92 Å². The number of aromatic nitrogens is 1. The van der Waals surface area contributed by atoms with E-state index in [0.29, 0.717) is 10.7 Å². The van der Waals surface area contributed by atoms with Gasteiger partial charge >= 0.3 is 0 Å². The highest BCUT2D eigenvalue weighted by Crippen LogP contribution is 2.25. The highest BCUT2D eigenvalue weighted by atomic mass is 127. The van der Waals surface area contributed by atoms with Crippen LogP contribution in [0.5, 0.6) is 0 Å². The molecule has 0 aliphatic rings. The standard InChI is InChI=1S/C10H7ClINO/c1-5(14)9-3-6-2-8(12)7(11)4-10(6)13-9/h2-4,13H,1H3. The van der Waals surface area contributed by atoms with Crippen LogP contribution in [-0.4, -0.2) is 10.8 Å². The van der Waals surface area contributed by atoms with E-state index in [0.717, 1.165) is 14.5 Å². The highest BCUT2D eigenvalue weighted by Gasteiger charge is 2.06. The number of Topliss-reactive ketones (excluding diaryl/α,β-unsaturated/α-hetero) is 1. The van der Waals surface area contributed by atoms with Crippen LogP contribution < -0.4 is 0 Å². The normalized spacial score (nSPS) is 10.8. The summed E-state index contributed by atoms with van der Waals surface area (Å²) in [5.41, 5.74) is 1.53. The van der Waals surface area contributed by atoms with Gasteiger partial charge in [-0.2, -0.15) is 0 Å². The number of carbonyl (C=O) groups excluding carboxylic acids is 1. The van der Waals surface area contributed by atoms with Crippen molar-refractivity contribution in [3.05, 3.63) is 32.5 Å². The fourth-order valence-corrected chi connectivity index (χ4v) is 1.97. The summed E-state index contributed by atoms with van der Waals surface area (Å²) in [7, 11) is 0. The summed E-state index contributed by atoms with van der Waals surface area (Å²) >= 11 is 8.13. The molecule has 1 aromatic carbocycles. The molecule has 14 heavy (non-hydrogen) atoms. The molecule has 0 saturated heterocycles. The van der Waals surface area contributed by atoms with Gasteiger partial charge in [-0.25, -0.2) is 0 Å². The summed E-state index contributed by atoms with van der Waals surface area (Å²) in [6.45, 7) is 1.54. The van der Waals surface area contributed by atoms with Crippen LogP contribution in [0.15, 0.2) is 18.2 Å². The van der Waals surface area contributed by atoms with E-state index in [2.05, 4.69) is 27.6 Å². The van der Waals surface area contributed by atoms with Gasteiger partial charge in [0, 0.05) is 21.4 Å². The molecule has 0 spiro atoms. The first-order chi connectivity index (χ1) is 6.58. The molecule has 0 aliphatic carbocycles. The molecular formula is C10H7ClINO. The molecule has 0 fully saturated rings. The number of fused-ring (bicyclic) bond motifs is 1. The van der Waals surface area contributed by atoms with Gasteiger partial charge in [0.2, 0.25) is 0 Å². The monoisotopic (exact) mass is 319 g/mol. The molecule has 1 aromatic heterocycles. The van der Waals surface area contributed by atoms with Crippen molar-refractivity contribution in [1.82, 2.24) is 4.98 Å². The molecule has 0 atom stereocenters. The first-order valence-electron chi connectivity index (χ1n) is 4.06. The van der Waals surface area contributed by atoms with Crippen LogP contribution in [0, 0.1) is 3.57 Å². The Morgan fingerprint density at radius 3 is 2.79 bits per heavy atom. The lowest BCUT2D eigenvalue weighted by molar-refractivity contribution is 0.101. The molecular weight excluding hydrogens is 312 g/mol. The topological polar surface area (TPSA) is 32.9 Å². The number of halogens is 2. The molecule has 2 nitrogen and oxygen atoms in total. The molecule has 2 aromatic rings. The van der Waals surface area contributed by atoms with Crippen molar-refractivity contribution in [3.63, 3.8) is 0 Å². The number of H-pyrrole nitrogens is 1. The summed E-state index contributed by atoms with van der Waals surface area (Å²) in [4.78, 5) is 14.1. The zero-order valence-electron chi connectivity index (χ0n) is 7.40. The minimum absolute atomic E-state index is 0.0346. The molecule has 0 radical (unpaired) electrons. The van der Waals surface area contributed by atoms with Gasteiger partial charge in [-0.3, -0.25) is 4.79 Å². The fourth-order valence-electron chi connectivity index (χ4n) is 1.32. The molecule has 1 heterocycles. The third-order valence-corrected chi connectivity index (χ3v) is 3.56. The van der Waals surface area contributed by atoms with Crippen LogP contribution in [0.1, 0.15) is 17.4 Å². The van der Waals surface area contributed by atoms with Crippen molar-refractivity contribution < 1.29 is 4.79 Å². The molecule has 0 saturated carbocycles. The number of benzene rings is 1. The van der Waals surface area contributed by atoms with Gasteiger partial charge in [-0.15, -0.1) is 0 Å². The molecule has 4 heteroatoms. The average Bonchev–Trinajstić information content (AvgIpc) is 2.48. The molecule has 0 unspecified atom stereocenters. The van der Waals surface area contributed by atoms with Crippen molar-refractivity contribution in [2.24, 2.45) is 0 Å². The van der Waals surface area contributed by atoms with Crippen molar-refractivity contribution in [1.29, 1.82) is 0 Å². The second kappa shape index (κ2) is 3.55. The second-order valence-electron chi connectivity index (χ2n) is 3.09. The fraction of sp³-hybridized carbons (Fsp3) is 0.100. The lowest BCUT2D eigenvalue weighted by Gasteiger charge is -1.94.